The molecule has 5 heteroatoms. The van der Waals surface area contributed by atoms with Crippen molar-refractivity contribution in [2.24, 2.45) is 0 Å². The van der Waals surface area contributed by atoms with E-state index in [9.17, 15) is 0 Å². The molecule has 1 aliphatic rings. The van der Waals surface area contributed by atoms with Gasteiger partial charge in [-0.2, -0.15) is 0 Å². The highest BCUT2D eigenvalue weighted by Crippen LogP contribution is 2.46. The van der Waals surface area contributed by atoms with E-state index in [2.05, 4.69) is 83.2 Å². The smallest absolute Gasteiger partial charge is 0.221 e. The van der Waals surface area contributed by atoms with Gasteiger partial charge >= 0.3 is 0 Å². The van der Waals surface area contributed by atoms with Gasteiger partial charge in [0.05, 0.1) is 0 Å². The average Bonchev–Trinajstić information content (AvgIpc) is 3.14. The van der Waals surface area contributed by atoms with Crippen LogP contribution in [-0.2, 0) is 4.74 Å². The highest BCUT2D eigenvalue weighted by molar-refractivity contribution is 5.84. The van der Waals surface area contributed by atoms with E-state index >= 15 is 0 Å². The second-order valence-electron chi connectivity index (χ2n) is 7.88. The summed E-state index contributed by atoms with van der Waals surface area (Å²) in [6, 6.07) is 25.2. The van der Waals surface area contributed by atoms with Crippen LogP contribution in [0.4, 0.5) is 23.0 Å². The Morgan fingerprint density at radius 1 is 0.750 bits per heavy atom. The van der Waals surface area contributed by atoms with Crippen molar-refractivity contribution in [3.05, 3.63) is 96.3 Å². The summed E-state index contributed by atoms with van der Waals surface area (Å²) in [5.41, 5.74) is 7.00. The van der Waals surface area contributed by atoms with E-state index in [1.807, 2.05) is 25.1 Å². The summed E-state index contributed by atoms with van der Waals surface area (Å²) >= 11 is 0. The Morgan fingerprint density at radius 2 is 1.34 bits per heavy atom. The number of hydrogen-bond acceptors (Lipinski definition) is 5. The Labute approximate surface area is 188 Å². The van der Waals surface area contributed by atoms with Gasteiger partial charge in [-0.1, -0.05) is 48.5 Å². The molecule has 160 valence electrons. The summed E-state index contributed by atoms with van der Waals surface area (Å²) in [6.07, 6.45) is 3.08. The fourth-order valence-electron chi connectivity index (χ4n) is 4.46. The largest absolute Gasteiger partial charge is 0.340 e. The van der Waals surface area contributed by atoms with Gasteiger partial charge < -0.3 is 4.74 Å². The number of rotatable bonds is 5. The fourth-order valence-corrected chi connectivity index (χ4v) is 4.46. The van der Waals surface area contributed by atoms with Crippen molar-refractivity contribution >= 4 is 23.0 Å². The van der Waals surface area contributed by atoms with Crippen LogP contribution in [0.15, 0.2) is 85.2 Å². The van der Waals surface area contributed by atoms with E-state index in [0.29, 0.717) is 6.61 Å². The van der Waals surface area contributed by atoms with E-state index in [4.69, 9.17) is 9.72 Å². The minimum Gasteiger partial charge on any atom is -0.340 e. The standard InChI is InChI=1S/C27H26N4O/c1-4-32-27-30(22-13-6-5-7-14-22)25-26(29-17-16-28-25)31(27)23-15-9-12-21(18-23)24-19(2)10-8-11-20(24)3/h5-18,27H,4H2,1-3H3. The lowest BCUT2D eigenvalue weighted by Gasteiger charge is -2.31. The molecule has 0 aliphatic carbocycles. The minimum atomic E-state index is -0.381. The Kier molecular flexibility index (Phi) is 5.33. The maximum Gasteiger partial charge on any atom is 0.221 e. The number of aryl methyl sites for hydroxylation is 2. The number of aromatic nitrogens is 2. The van der Waals surface area contributed by atoms with Crippen molar-refractivity contribution in [2.45, 2.75) is 27.1 Å². The molecule has 0 saturated carbocycles. The zero-order chi connectivity index (χ0) is 22.1. The summed E-state index contributed by atoms with van der Waals surface area (Å²) in [7, 11) is 0. The van der Waals surface area contributed by atoms with E-state index in [0.717, 1.165) is 23.0 Å². The third kappa shape index (κ3) is 3.41. The van der Waals surface area contributed by atoms with Gasteiger partial charge in [0.1, 0.15) is 0 Å². The van der Waals surface area contributed by atoms with Crippen molar-refractivity contribution in [3.63, 3.8) is 0 Å². The fraction of sp³-hybridized carbons (Fsp3) is 0.185. The molecule has 3 aromatic carbocycles. The van der Waals surface area contributed by atoms with Crippen molar-refractivity contribution in [1.29, 1.82) is 0 Å². The van der Waals surface area contributed by atoms with Gasteiger partial charge in [-0.25, -0.2) is 9.97 Å². The van der Waals surface area contributed by atoms with Crippen molar-refractivity contribution < 1.29 is 4.74 Å². The first-order chi connectivity index (χ1) is 15.7. The van der Waals surface area contributed by atoms with Crippen molar-refractivity contribution in [1.82, 2.24) is 9.97 Å². The zero-order valence-corrected chi connectivity index (χ0v) is 18.6. The highest BCUT2D eigenvalue weighted by Gasteiger charge is 2.40. The maximum atomic E-state index is 6.28. The third-order valence-corrected chi connectivity index (χ3v) is 5.80. The normalized spacial score (nSPS) is 15.2. The lowest BCUT2D eigenvalue weighted by Crippen LogP contribution is -2.40. The lowest BCUT2D eigenvalue weighted by molar-refractivity contribution is 0.0767. The van der Waals surface area contributed by atoms with Crippen LogP contribution in [0.25, 0.3) is 11.1 Å². The van der Waals surface area contributed by atoms with E-state index in [1.165, 1.54) is 22.3 Å². The number of anilines is 4. The average molecular weight is 423 g/mol. The van der Waals surface area contributed by atoms with Gasteiger partial charge in [-0.05, 0) is 67.3 Å². The molecule has 0 amide bonds. The van der Waals surface area contributed by atoms with Crippen LogP contribution < -0.4 is 9.80 Å². The third-order valence-electron chi connectivity index (χ3n) is 5.80. The van der Waals surface area contributed by atoms with Crippen LogP contribution >= 0.6 is 0 Å². The molecule has 0 saturated heterocycles. The molecule has 2 heterocycles. The predicted octanol–water partition coefficient (Wildman–Crippen LogP) is 6.37. The number of hydrogen-bond donors (Lipinski definition) is 0. The molecule has 5 nitrogen and oxygen atoms in total. The van der Waals surface area contributed by atoms with Gasteiger partial charge in [0.25, 0.3) is 0 Å². The molecule has 1 aliphatic heterocycles. The Morgan fingerprint density at radius 3 is 2.00 bits per heavy atom. The molecule has 0 spiro atoms. The van der Waals surface area contributed by atoms with E-state index in [1.54, 1.807) is 12.4 Å². The number of ether oxygens (including phenoxy) is 1. The quantitative estimate of drug-likeness (QED) is 0.374. The monoisotopic (exact) mass is 422 g/mol. The van der Waals surface area contributed by atoms with Crippen molar-refractivity contribution in [3.8, 4) is 11.1 Å². The highest BCUT2D eigenvalue weighted by atomic mass is 16.5. The molecular weight excluding hydrogens is 396 g/mol. The molecule has 0 fully saturated rings. The number of para-hydroxylation sites is 1. The summed E-state index contributed by atoms with van der Waals surface area (Å²) in [5, 5.41) is 0. The molecule has 0 bridgehead atoms. The van der Waals surface area contributed by atoms with Crippen LogP contribution in [0, 0.1) is 13.8 Å². The van der Waals surface area contributed by atoms with E-state index < -0.39 is 0 Å². The van der Waals surface area contributed by atoms with Gasteiger partial charge in [-0.3, -0.25) is 9.80 Å². The number of nitrogens with zero attached hydrogens (tertiary/aromatic N) is 4. The Balaban J connectivity index is 1.66. The Hall–Kier alpha value is -3.70. The van der Waals surface area contributed by atoms with Crippen LogP contribution in [-0.4, -0.2) is 22.9 Å². The topological polar surface area (TPSA) is 41.5 Å². The van der Waals surface area contributed by atoms with Crippen molar-refractivity contribution in [2.75, 3.05) is 16.4 Å². The van der Waals surface area contributed by atoms with E-state index in [-0.39, 0.29) is 6.35 Å². The Bertz CT molecular complexity index is 1220. The molecule has 32 heavy (non-hydrogen) atoms. The molecule has 0 N–H and O–H groups in total. The molecule has 0 radical (unpaired) electrons. The first kappa shape index (κ1) is 20.2. The van der Waals surface area contributed by atoms with Gasteiger partial charge in [0, 0.05) is 30.4 Å². The SMILES string of the molecule is CCOC1N(c2ccccc2)c2nccnc2N1c1cccc(-c2c(C)cccc2C)c1. The summed E-state index contributed by atoms with van der Waals surface area (Å²) in [5.74, 6) is 1.57. The molecule has 1 unspecified atom stereocenters. The summed E-state index contributed by atoms with van der Waals surface area (Å²) in [4.78, 5) is 13.6. The molecular formula is C27H26N4O. The molecule has 1 aromatic heterocycles. The maximum absolute atomic E-state index is 6.28. The number of fused-ring (bicyclic) bond motifs is 1. The van der Waals surface area contributed by atoms with Crippen LogP contribution in [0.2, 0.25) is 0 Å². The van der Waals surface area contributed by atoms with Crippen LogP contribution in [0.3, 0.4) is 0 Å². The second kappa shape index (κ2) is 8.44. The lowest BCUT2D eigenvalue weighted by atomic mass is 9.95. The first-order valence-electron chi connectivity index (χ1n) is 10.9. The molecule has 5 rings (SSSR count). The van der Waals surface area contributed by atoms with Crippen LogP contribution in [0.5, 0.6) is 0 Å². The second-order valence-corrected chi connectivity index (χ2v) is 7.88. The predicted molar refractivity (Wildman–Crippen MR) is 130 cm³/mol. The summed E-state index contributed by atoms with van der Waals surface area (Å²) in [6.45, 7) is 6.89. The number of benzene rings is 3. The van der Waals surface area contributed by atoms with Gasteiger partial charge in [0.2, 0.25) is 6.35 Å². The minimum absolute atomic E-state index is 0.381. The van der Waals surface area contributed by atoms with Crippen LogP contribution in [0.1, 0.15) is 18.1 Å². The van der Waals surface area contributed by atoms with Gasteiger partial charge in [0.15, 0.2) is 11.6 Å². The molecule has 4 aromatic rings. The zero-order valence-electron chi connectivity index (χ0n) is 18.6. The molecule has 1 atom stereocenters. The first-order valence-corrected chi connectivity index (χ1v) is 10.9. The van der Waals surface area contributed by atoms with Gasteiger partial charge in [-0.15, -0.1) is 0 Å². The summed E-state index contributed by atoms with van der Waals surface area (Å²) < 4.78 is 6.28.